The van der Waals surface area contributed by atoms with Crippen molar-refractivity contribution < 1.29 is 23.1 Å². The summed E-state index contributed by atoms with van der Waals surface area (Å²) < 4.78 is 25.8. The minimum Gasteiger partial charge on any atom is -0.396 e. The van der Waals surface area contributed by atoms with Crippen molar-refractivity contribution in [3.05, 3.63) is 29.8 Å². The molecule has 0 saturated carbocycles. The minimum absolute atomic E-state index is 0.0284. The number of carbonyl (C=O) groups excluding carboxylic acids is 2. The molecule has 2 amide bonds. The molecule has 132 valence electrons. The summed E-state index contributed by atoms with van der Waals surface area (Å²) in [6.07, 6.45) is 2.53. The Morgan fingerprint density at radius 2 is 1.79 bits per heavy atom. The van der Waals surface area contributed by atoms with Crippen LogP contribution >= 0.6 is 0 Å². The predicted octanol–water partition coefficient (Wildman–Crippen LogP) is 1.35. The summed E-state index contributed by atoms with van der Waals surface area (Å²) in [5.74, 6) is -1.70. The van der Waals surface area contributed by atoms with E-state index in [4.69, 9.17) is 5.11 Å². The molecule has 0 unspecified atom stereocenters. The van der Waals surface area contributed by atoms with E-state index in [0.29, 0.717) is 19.3 Å². The first kappa shape index (κ1) is 18.6. The molecule has 0 bridgehead atoms. The van der Waals surface area contributed by atoms with Gasteiger partial charge in [0.15, 0.2) is 9.84 Å². The van der Waals surface area contributed by atoms with Crippen LogP contribution in [0.15, 0.2) is 29.2 Å². The molecule has 1 saturated heterocycles. The Morgan fingerprint density at radius 1 is 1.12 bits per heavy atom. The van der Waals surface area contributed by atoms with E-state index < -0.39 is 32.8 Å². The smallest absolute Gasteiger partial charge is 0.245 e. The molecule has 7 heteroatoms. The van der Waals surface area contributed by atoms with Gasteiger partial charge >= 0.3 is 0 Å². The molecule has 0 radical (unpaired) electrons. The topological polar surface area (TPSA) is 101 Å². The number of aliphatic hydroxyl groups is 1. The zero-order valence-electron chi connectivity index (χ0n) is 13.7. The summed E-state index contributed by atoms with van der Waals surface area (Å²) in [4.78, 5) is 24.0. The fourth-order valence-corrected chi connectivity index (χ4v) is 4.92. The number of aliphatic hydroxyl groups excluding tert-OH is 1. The Morgan fingerprint density at radius 3 is 2.42 bits per heavy atom. The van der Waals surface area contributed by atoms with Crippen LogP contribution in [-0.4, -0.2) is 37.2 Å². The average Bonchev–Trinajstić information content (AvgIpc) is 2.51. The highest BCUT2D eigenvalue weighted by molar-refractivity contribution is 7.92. The molecule has 0 aliphatic carbocycles. The standard InChI is InChI=1S/C17H23NO5S/c1-12-6-8-14(9-7-12)24(22,23)16-13(5-3-2-4-10-19)11-15(20)18-17(16)21/h6-9,13,16,19H,2-5,10-11H2,1H3,(H,18,20,21)/t13-,16+/m0/s1. The number of hydrogen-bond donors (Lipinski definition) is 2. The average molecular weight is 353 g/mol. The highest BCUT2D eigenvalue weighted by Crippen LogP contribution is 2.30. The fourth-order valence-electron chi connectivity index (χ4n) is 3.04. The maximum Gasteiger partial charge on any atom is 0.245 e. The van der Waals surface area contributed by atoms with Gasteiger partial charge in [0.2, 0.25) is 11.8 Å². The van der Waals surface area contributed by atoms with E-state index in [9.17, 15) is 18.0 Å². The molecular weight excluding hydrogens is 330 g/mol. The zero-order valence-corrected chi connectivity index (χ0v) is 14.5. The zero-order chi connectivity index (χ0) is 17.7. The van der Waals surface area contributed by atoms with E-state index in [0.717, 1.165) is 12.0 Å². The van der Waals surface area contributed by atoms with Gasteiger partial charge in [-0.1, -0.05) is 30.5 Å². The number of amides is 2. The molecule has 1 heterocycles. The molecule has 2 rings (SSSR count). The van der Waals surface area contributed by atoms with Crippen LogP contribution in [-0.2, 0) is 19.4 Å². The van der Waals surface area contributed by atoms with E-state index in [1.807, 2.05) is 6.92 Å². The second-order valence-electron chi connectivity index (χ2n) is 6.23. The second-order valence-corrected chi connectivity index (χ2v) is 8.30. The second kappa shape index (κ2) is 7.90. The first-order valence-corrected chi connectivity index (χ1v) is 9.66. The fraction of sp³-hybridized carbons (Fsp3) is 0.529. The number of nitrogens with one attached hydrogen (secondary N) is 1. The number of rotatable bonds is 7. The first-order chi connectivity index (χ1) is 11.4. The summed E-state index contributed by atoms with van der Waals surface area (Å²) in [5, 5.41) is 9.73. The third-order valence-corrected chi connectivity index (χ3v) is 6.51. The lowest BCUT2D eigenvalue weighted by atomic mass is 9.91. The Labute approximate surface area is 142 Å². The molecule has 1 fully saturated rings. The van der Waals surface area contributed by atoms with Crippen LogP contribution in [0.25, 0.3) is 0 Å². The van der Waals surface area contributed by atoms with Crippen molar-refractivity contribution in [2.24, 2.45) is 5.92 Å². The summed E-state index contributed by atoms with van der Waals surface area (Å²) in [7, 11) is -3.86. The molecule has 1 aliphatic heterocycles. The number of carbonyl (C=O) groups is 2. The molecule has 1 aliphatic rings. The summed E-state index contributed by atoms with van der Waals surface area (Å²) >= 11 is 0. The highest BCUT2D eigenvalue weighted by Gasteiger charge is 2.44. The lowest BCUT2D eigenvalue weighted by molar-refractivity contribution is -0.134. The van der Waals surface area contributed by atoms with Gasteiger partial charge in [-0.3, -0.25) is 14.9 Å². The van der Waals surface area contributed by atoms with Gasteiger partial charge < -0.3 is 5.11 Å². The maximum atomic E-state index is 12.9. The minimum atomic E-state index is -3.86. The van der Waals surface area contributed by atoms with Crippen molar-refractivity contribution in [1.82, 2.24) is 5.32 Å². The van der Waals surface area contributed by atoms with Gasteiger partial charge in [0.1, 0.15) is 5.25 Å². The number of imide groups is 1. The summed E-state index contributed by atoms with van der Waals surface area (Å²) in [5.41, 5.74) is 0.928. The first-order valence-electron chi connectivity index (χ1n) is 8.11. The van der Waals surface area contributed by atoms with Crippen molar-refractivity contribution in [2.45, 2.75) is 49.2 Å². The van der Waals surface area contributed by atoms with Gasteiger partial charge in [-0.15, -0.1) is 0 Å². The van der Waals surface area contributed by atoms with Crippen LogP contribution in [0.5, 0.6) is 0 Å². The van der Waals surface area contributed by atoms with Crippen LogP contribution in [0.3, 0.4) is 0 Å². The predicted molar refractivity (Wildman–Crippen MR) is 89.0 cm³/mol. The van der Waals surface area contributed by atoms with Gasteiger partial charge in [-0.2, -0.15) is 0 Å². The quantitative estimate of drug-likeness (QED) is 0.569. The molecule has 2 N–H and O–H groups in total. The molecule has 0 aromatic heterocycles. The third kappa shape index (κ3) is 4.21. The van der Waals surface area contributed by atoms with Crippen molar-refractivity contribution in [1.29, 1.82) is 0 Å². The monoisotopic (exact) mass is 353 g/mol. The summed E-state index contributed by atoms with van der Waals surface area (Å²) in [6.45, 7) is 1.93. The lowest BCUT2D eigenvalue weighted by Crippen LogP contribution is -2.52. The van der Waals surface area contributed by atoms with Crippen LogP contribution in [0, 0.1) is 12.8 Å². The van der Waals surface area contributed by atoms with Gasteiger partial charge in [0.25, 0.3) is 0 Å². The molecule has 2 atom stereocenters. The normalized spacial score (nSPS) is 21.6. The number of aryl methyl sites for hydroxylation is 1. The van der Waals surface area contributed by atoms with Crippen molar-refractivity contribution in [3.8, 4) is 0 Å². The van der Waals surface area contributed by atoms with Crippen LogP contribution < -0.4 is 5.32 Å². The number of piperidine rings is 1. The van der Waals surface area contributed by atoms with Crippen molar-refractivity contribution in [2.75, 3.05) is 6.61 Å². The van der Waals surface area contributed by atoms with E-state index in [1.54, 1.807) is 12.1 Å². The Kier molecular flexibility index (Phi) is 6.12. The molecule has 24 heavy (non-hydrogen) atoms. The van der Waals surface area contributed by atoms with Crippen LogP contribution in [0.2, 0.25) is 0 Å². The molecule has 1 aromatic carbocycles. The number of benzene rings is 1. The van der Waals surface area contributed by atoms with Crippen molar-refractivity contribution in [3.63, 3.8) is 0 Å². The van der Waals surface area contributed by atoms with E-state index in [2.05, 4.69) is 5.32 Å². The number of hydrogen-bond acceptors (Lipinski definition) is 5. The van der Waals surface area contributed by atoms with Crippen molar-refractivity contribution >= 4 is 21.7 Å². The van der Waals surface area contributed by atoms with E-state index >= 15 is 0 Å². The molecule has 0 spiro atoms. The Hall–Kier alpha value is -1.73. The van der Waals surface area contributed by atoms with E-state index in [-0.39, 0.29) is 17.9 Å². The largest absolute Gasteiger partial charge is 0.396 e. The van der Waals surface area contributed by atoms with Gasteiger partial charge in [0.05, 0.1) is 4.90 Å². The van der Waals surface area contributed by atoms with Gasteiger partial charge in [-0.05, 0) is 37.8 Å². The van der Waals surface area contributed by atoms with Gasteiger partial charge in [0, 0.05) is 13.0 Å². The Bertz CT molecular complexity index is 696. The van der Waals surface area contributed by atoms with Crippen LogP contribution in [0.4, 0.5) is 0 Å². The number of unbranched alkanes of at least 4 members (excludes halogenated alkanes) is 2. The molecular formula is C17H23NO5S. The third-order valence-electron chi connectivity index (χ3n) is 4.31. The SMILES string of the molecule is Cc1ccc(S(=O)(=O)[C@H]2C(=O)NC(=O)C[C@@H]2CCCCCO)cc1. The molecule has 6 nitrogen and oxygen atoms in total. The highest BCUT2D eigenvalue weighted by atomic mass is 32.2. The maximum absolute atomic E-state index is 12.9. The van der Waals surface area contributed by atoms with E-state index in [1.165, 1.54) is 12.1 Å². The summed E-state index contributed by atoms with van der Waals surface area (Å²) in [6, 6.07) is 6.37. The Balaban J connectivity index is 2.25. The van der Waals surface area contributed by atoms with Crippen LogP contribution in [0.1, 0.15) is 37.7 Å². The lowest BCUT2D eigenvalue weighted by Gasteiger charge is -2.29. The number of sulfone groups is 1. The molecule has 1 aromatic rings. The van der Waals surface area contributed by atoms with Gasteiger partial charge in [-0.25, -0.2) is 8.42 Å².